The van der Waals surface area contributed by atoms with Crippen LogP contribution >= 0.6 is 0 Å². The summed E-state index contributed by atoms with van der Waals surface area (Å²) in [4.78, 5) is 0. The van der Waals surface area contributed by atoms with E-state index in [1.165, 1.54) is 17.7 Å². The Morgan fingerprint density at radius 2 is 2.27 bits per heavy atom. The fraction of sp³-hybridized carbons (Fsp3) is 0.300. The summed E-state index contributed by atoms with van der Waals surface area (Å²) in [5.41, 5.74) is 2.76. The first-order valence-electron chi connectivity index (χ1n) is 4.03. The van der Waals surface area contributed by atoms with Crippen LogP contribution < -0.4 is 4.57 Å². The van der Waals surface area contributed by atoms with Gasteiger partial charge in [-0.3, -0.25) is 0 Å². The maximum absolute atomic E-state index is 2.30. The molecule has 0 atom stereocenters. The van der Waals surface area contributed by atoms with Crippen molar-refractivity contribution in [2.75, 3.05) is 0 Å². The van der Waals surface area contributed by atoms with Gasteiger partial charge in [0, 0.05) is 24.1 Å². The van der Waals surface area contributed by atoms with Crippen molar-refractivity contribution in [1.82, 2.24) is 0 Å². The predicted octanol–water partition coefficient (Wildman–Crippen LogP) is 1.78. The minimum Gasteiger partial charge on any atom is -0.198 e. The van der Waals surface area contributed by atoms with Gasteiger partial charge in [0.2, 0.25) is 5.69 Å². The number of pyridine rings is 1. The molecule has 11 heavy (non-hydrogen) atoms. The van der Waals surface area contributed by atoms with Crippen molar-refractivity contribution in [2.24, 2.45) is 0 Å². The fourth-order valence-electron chi connectivity index (χ4n) is 1.55. The Morgan fingerprint density at radius 1 is 1.36 bits per heavy atom. The molecule has 1 aromatic heterocycles. The monoisotopic (exact) mass is 146 g/mol. The number of nitrogens with zero attached hydrogens (tertiary/aromatic N) is 1. The molecule has 0 amide bonds. The van der Waals surface area contributed by atoms with E-state index in [2.05, 4.69) is 42.0 Å². The van der Waals surface area contributed by atoms with Gasteiger partial charge in [0.25, 0.3) is 0 Å². The van der Waals surface area contributed by atoms with Gasteiger partial charge in [-0.1, -0.05) is 6.08 Å². The van der Waals surface area contributed by atoms with Crippen LogP contribution in [0.5, 0.6) is 0 Å². The molecule has 2 rings (SSSR count). The van der Waals surface area contributed by atoms with Crippen molar-refractivity contribution >= 4 is 5.57 Å². The minimum atomic E-state index is 1.13. The second kappa shape index (κ2) is 2.50. The lowest BCUT2D eigenvalue weighted by molar-refractivity contribution is -0.699. The van der Waals surface area contributed by atoms with Crippen molar-refractivity contribution in [3.63, 3.8) is 0 Å². The zero-order valence-electron chi connectivity index (χ0n) is 6.75. The van der Waals surface area contributed by atoms with E-state index in [1.54, 1.807) is 0 Å². The predicted molar refractivity (Wildman–Crippen MR) is 44.9 cm³/mol. The van der Waals surface area contributed by atoms with E-state index in [4.69, 9.17) is 0 Å². The highest BCUT2D eigenvalue weighted by atomic mass is 15.0. The standard InChI is InChI=1S/C10H12N/c1-9-5-4-8-11-7-3-2-6-10(9)11/h2-3,5-7H,4,8H2,1H3/q+1. The zero-order valence-corrected chi connectivity index (χ0v) is 6.75. The van der Waals surface area contributed by atoms with Crippen LogP contribution in [0, 0.1) is 0 Å². The molecule has 0 fully saturated rings. The molecule has 0 aromatic carbocycles. The molecular formula is C10H12N+. The quantitative estimate of drug-likeness (QED) is 0.491. The largest absolute Gasteiger partial charge is 0.207 e. The Kier molecular flexibility index (Phi) is 1.50. The van der Waals surface area contributed by atoms with Gasteiger partial charge in [0.15, 0.2) is 12.7 Å². The number of aryl methyl sites for hydroxylation is 1. The molecule has 1 aliphatic rings. The molecule has 1 aromatic rings. The highest BCUT2D eigenvalue weighted by molar-refractivity contribution is 5.58. The second-order valence-corrected chi connectivity index (χ2v) is 2.96. The lowest BCUT2D eigenvalue weighted by atomic mass is 10.1. The molecule has 0 bridgehead atoms. The van der Waals surface area contributed by atoms with Gasteiger partial charge < -0.3 is 0 Å². The third-order valence-electron chi connectivity index (χ3n) is 2.17. The van der Waals surface area contributed by atoms with Crippen LogP contribution in [-0.4, -0.2) is 0 Å². The van der Waals surface area contributed by atoms with E-state index < -0.39 is 0 Å². The molecule has 0 saturated heterocycles. The summed E-state index contributed by atoms with van der Waals surface area (Å²) >= 11 is 0. The third kappa shape index (κ3) is 1.07. The van der Waals surface area contributed by atoms with Crippen LogP contribution in [0.15, 0.2) is 30.5 Å². The highest BCUT2D eigenvalue weighted by Crippen LogP contribution is 2.12. The lowest BCUT2D eigenvalue weighted by Crippen LogP contribution is -2.38. The van der Waals surface area contributed by atoms with Crippen molar-refractivity contribution < 1.29 is 4.57 Å². The molecular weight excluding hydrogens is 134 g/mol. The number of allylic oxidation sites excluding steroid dienone is 2. The fourth-order valence-corrected chi connectivity index (χ4v) is 1.55. The maximum Gasteiger partial charge on any atom is 0.207 e. The van der Waals surface area contributed by atoms with Gasteiger partial charge in [-0.2, -0.15) is 4.57 Å². The van der Waals surface area contributed by atoms with Crippen LogP contribution in [0.2, 0.25) is 0 Å². The van der Waals surface area contributed by atoms with Crippen molar-refractivity contribution in [3.8, 4) is 0 Å². The lowest BCUT2D eigenvalue weighted by Gasteiger charge is -2.07. The van der Waals surface area contributed by atoms with Gasteiger partial charge >= 0.3 is 0 Å². The van der Waals surface area contributed by atoms with Crippen LogP contribution in [0.3, 0.4) is 0 Å². The summed E-state index contributed by atoms with van der Waals surface area (Å²) in [6.45, 7) is 3.30. The van der Waals surface area contributed by atoms with Crippen molar-refractivity contribution in [1.29, 1.82) is 0 Å². The van der Waals surface area contributed by atoms with Gasteiger partial charge in [-0.15, -0.1) is 0 Å². The van der Waals surface area contributed by atoms with Crippen molar-refractivity contribution in [3.05, 3.63) is 36.2 Å². The average Bonchev–Trinajstić information content (AvgIpc) is 2.06. The molecule has 1 nitrogen and oxygen atoms in total. The second-order valence-electron chi connectivity index (χ2n) is 2.96. The Bertz CT molecular complexity index is 299. The molecule has 0 unspecified atom stereocenters. The van der Waals surface area contributed by atoms with Gasteiger partial charge in [-0.25, -0.2) is 0 Å². The topological polar surface area (TPSA) is 3.88 Å². The van der Waals surface area contributed by atoms with Crippen LogP contribution in [0.4, 0.5) is 0 Å². The van der Waals surface area contributed by atoms with Gasteiger partial charge in [-0.05, 0) is 13.0 Å². The van der Waals surface area contributed by atoms with Crippen LogP contribution in [0.25, 0.3) is 5.57 Å². The molecule has 2 heterocycles. The Morgan fingerprint density at radius 3 is 3.09 bits per heavy atom. The van der Waals surface area contributed by atoms with Gasteiger partial charge in [0.1, 0.15) is 0 Å². The SMILES string of the molecule is CC1=CCC[n+]2ccccc21. The summed E-state index contributed by atoms with van der Waals surface area (Å²) in [5.74, 6) is 0. The molecule has 0 saturated carbocycles. The van der Waals surface area contributed by atoms with Crippen molar-refractivity contribution in [2.45, 2.75) is 19.9 Å². The van der Waals surface area contributed by atoms with Gasteiger partial charge in [0.05, 0.1) is 0 Å². The Balaban J connectivity index is 2.56. The summed E-state index contributed by atoms with van der Waals surface area (Å²) in [6.07, 6.45) is 5.62. The van der Waals surface area contributed by atoms with Crippen LogP contribution in [0.1, 0.15) is 19.0 Å². The zero-order chi connectivity index (χ0) is 7.68. The molecule has 1 heteroatoms. The molecule has 0 radical (unpaired) electrons. The molecule has 0 aliphatic carbocycles. The Hall–Kier alpha value is -1.11. The average molecular weight is 146 g/mol. The highest BCUT2D eigenvalue weighted by Gasteiger charge is 2.13. The smallest absolute Gasteiger partial charge is 0.198 e. The molecule has 56 valence electrons. The maximum atomic E-state index is 2.30. The van der Waals surface area contributed by atoms with E-state index in [0.29, 0.717) is 0 Å². The minimum absolute atomic E-state index is 1.13. The summed E-state index contributed by atoms with van der Waals surface area (Å²) in [7, 11) is 0. The number of hydrogen-bond donors (Lipinski definition) is 0. The van der Waals surface area contributed by atoms with E-state index in [0.717, 1.165) is 6.54 Å². The van der Waals surface area contributed by atoms with E-state index in [-0.39, 0.29) is 0 Å². The molecule has 0 N–H and O–H groups in total. The normalized spacial score (nSPS) is 15.5. The first-order valence-corrected chi connectivity index (χ1v) is 4.03. The summed E-state index contributed by atoms with van der Waals surface area (Å²) in [5, 5.41) is 0. The first-order chi connectivity index (χ1) is 5.38. The number of hydrogen-bond acceptors (Lipinski definition) is 0. The molecule has 1 aliphatic heterocycles. The first kappa shape index (κ1) is 6.59. The summed E-state index contributed by atoms with van der Waals surface area (Å²) in [6, 6.07) is 6.35. The number of rotatable bonds is 0. The number of aromatic nitrogens is 1. The van der Waals surface area contributed by atoms with Crippen LogP contribution in [-0.2, 0) is 6.54 Å². The van der Waals surface area contributed by atoms with E-state index in [9.17, 15) is 0 Å². The number of fused-ring (bicyclic) bond motifs is 1. The van der Waals surface area contributed by atoms with E-state index in [1.807, 2.05) is 0 Å². The summed E-state index contributed by atoms with van der Waals surface area (Å²) < 4.78 is 2.30. The third-order valence-corrected chi connectivity index (χ3v) is 2.17. The van der Waals surface area contributed by atoms with E-state index >= 15 is 0 Å². The Labute approximate surface area is 67.0 Å². The molecule has 0 spiro atoms.